The third-order valence-electron chi connectivity index (χ3n) is 5.53. The van der Waals surface area contributed by atoms with Crippen LogP contribution in [0.3, 0.4) is 0 Å². The van der Waals surface area contributed by atoms with Gasteiger partial charge >= 0.3 is 18.1 Å². The first-order valence-corrected chi connectivity index (χ1v) is 17.3. The van der Waals surface area contributed by atoms with E-state index in [-0.39, 0.29) is 33.8 Å². The van der Waals surface area contributed by atoms with Gasteiger partial charge in [0.2, 0.25) is 0 Å². The summed E-state index contributed by atoms with van der Waals surface area (Å²) in [6, 6.07) is 7.61. The Morgan fingerprint density at radius 1 is 1.02 bits per heavy atom. The molecule has 2 aliphatic heterocycles. The quantitative estimate of drug-likeness (QED) is 0.0720. The van der Waals surface area contributed by atoms with E-state index in [2.05, 4.69) is 91.7 Å². The van der Waals surface area contributed by atoms with E-state index >= 15 is 0 Å². The molecule has 0 unspecified atom stereocenters. The van der Waals surface area contributed by atoms with Crippen LogP contribution in [0.1, 0.15) is 84.6 Å². The molecule has 1 aromatic carbocycles. The molecule has 3 rings (SSSR count). The summed E-state index contributed by atoms with van der Waals surface area (Å²) in [5.41, 5.74) is 0.738. The Kier molecular flexibility index (Phi) is 27.0. The number of aryl methyl sites for hydroxylation is 1. The molecule has 247 valence electrons. The number of amidine groups is 1. The van der Waals surface area contributed by atoms with Crippen LogP contribution in [0.15, 0.2) is 29.3 Å². The Morgan fingerprint density at radius 2 is 1.64 bits per heavy atom. The van der Waals surface area contributed by atoms with Gasteiger partial charge in [-0.3, -0.25) is 14.6 Å². The topological polar surface area (TPSA) is 115 Å². The number of esters is 1. The fraction of sp³-hybridized carbons (Fsp3) is 0.633. The molecule has 9 nitrogen and oxygen atoms in total. The van der Waals surface area contributed by atoms with E-state index < -0.39 is 30.1 Å². The summed E-state index contributed by atoms with van der Waals surface area (Å²) in [6.45, 7) is 11.1. The number of rotatable bonds is 7. The van der Waals surface area contributed by atoms with Crippen LogP contribution in [0.5, 0.6) is 5.75 Å². The predicted octanol–water partition coefficient (Wildman–Crippen LogP) is 9.02. The number of benzene rings is 1. The number of carbonyl (C=O) groups excluding carboxylic acids is 2. The number of aliphatic imine (C=N–C) groups is 1. The van der Waals surface area contributed by atoms with Crippen LogP contribution in [-0.4, -0.2) is 67.3 Å². The second-order valence-corrected chi connectivity index (χ2v) is 21.6. The van der Waals surface area contributed by atoms with E-state index in [1.54, 1.807) is 0 Å². The van der Waals surface area contributed by atoms with Crippen molar-refractivity contribution in [1.82, 2.24) is 4.90 Å². The van der Waals surface area contributed by atoms with Crippen molar-refractivity contribution in [1.29, 1.82) is 0 Å². The number of nitrogens with zero attached hydrogens (tertiary/aromatic N) is 2. The number of carbonyl (C=O) groups is 3. The average Bonchev–Trinajstić information content (AvgIpc) is 3.14. The van der Waals surface area contributed by atoms with E-state index in [0.717, 1.165) is 20.1 Å². The molecule has 0 atom stereocenters. The van der Waals surface area contributed by atoms with Crippen LogP contribution in [0.2, 0.25) is 0 Å². The molecule has 1 aromatic rings. The molecule has 2 aliphatic rings. The van der Waals surface area contributed by atoms with Gasteiger partial charge in [-0.05, 0) is 121 Å². The van der Waals surface area contributed by atoms with Crippen LogP contribution in [0.4, 0.5) is 4.79 Å². The molecule has 0 amide bonds. The van der Waals surface area contributed by atoms with E-state index in [4.69, 9.17) is 14.6 Å². The molecule has 1 saturated heterocycles. The van der Waals surface area contributed by atoms with Gasteiger partial charge in [-0.1, -0.05) is 31.9 Å². The number of hydrogen-bond donors (Lipinski definition) is 1. The van der Waals surface area contributed by atoms with Gasteiger partial charge in [0.05, 0.1) is 26.5 Å². The van der Waals surface area contributed by atoms with Crippen LogP contribution in [0.25, 0.3) is 0 Å². The number of fused-ring (bicyclic) bond motifs is 1. The zero-order chi connectivity index (χ0) is 32.9. The maximum absolute atomic E-state index is 11.5. The number of alkyl halides is 4. The average molecular weight is 954 g/mol. The molecule has 1 N–H and O–H groups in total. The van der Waals surface area contributed by atoms with Gasteiger partial charge < -0.3 is 24.2 Å². The summed E-state index contributed by atoms with van der Waals surface area (Å²) >= 11 is 12.5. The van der Waals surface area contributed by atoms with Crippen LogP contribution in [0, 0.1) is 6.42 Å². The van der Waals surface area contributed by atoms with E-state index in [9.17, 15) is 14.4 Å². The first-order valence-electron chi connectivity index (χ1n) is 14.2. The second-order valence-electron chi connectivity index (χ2n) is 10.5. The van der Waals surface area contributed by atoms with Crippen molar-refractivity contribution in [2.75, 3.05) is 26.7 Å². The maximum atomic E-state index is 11.5. The molecule has 0 spiro atoms. The maximum Gasteiger partial charge on any atom is 0.514 e. The molecule has 0 aromatic heterocycles. The Bertz CT molecular complexity index is 979. The largest absolute Gasteiger partial charge is 0.514 e. The Balaban J connectivity index is 0. The standard InChI is InChI=1S/C16H24O3.C9H15N2.C4H6O4.CBr4.Y/c1-5-6-7-8-13-9-11-14(12-10-13)18-15(17)19-16(2,3)4;1-2-5-9-10-6-4-8-11(9)7-3-1;1-8-4(7)2-3(5)6;2-1(3,4)5;/h9-12H,5-8H2,1-4H3;1H,2-8H2;2H2,1H3,(H,5,6);;/q;+1;;;. The smallest absolute Gasteiger partial charge is 0.481 e. The van der Waals surface area contributed by atoms with Crippen molar-refractivity contribution in [2.24, 2.45) is 4.99 Å². The minimum absolute atomic E-state index is 0. The van der Waals surface area contributed by atoms with Gasteiger partial charge in [0, 0.05) is 52.2 Å². The molecular formula is C30H45Br4N2O7Y+. The van der Waals surface area contributed by atoms with Crippen LogP contribution < -0.4 is 4.74 Å². The summed E-state index contributed by atoms with van der Waals surface area (Å²) in [6.07, 6.45) is 10.8. The minimum Gasteiger partial charge on any atom is -0.481 e. The summed E-state index contributed by atoms with van der Waals surface area (Å²) in [7, 11) is 1.14. The third kappa shape index (κ3) is 29.2. The van der Waals surface area contributed by atoms with Crippen molar-refractivity contribution >= 4 is 87.6 Å². The van der Waals surface area contributed by atoms with E-state index in [1.165, 1.54) is 69.4 Å². The third-order valence-corrected chi connectivity index (χ3v) is 5.53. The number of aliphatic carboxylic acids is 1. The summed E-state index contributed by atoms with van der Waals surface area (Å²) in [5, 5.41) is 7.91. The molecule has 14 heteroatoms. The van der Waals surface area contributed by atoms with Crippen molar-refractivity contribution in [3.8, 4) is 5.75 Å². The van der Waals surface area contributed by atoms with Crippen molar-refractivity contribution in [2.45, 2.75) is 92.1 Å². The molecule has 0 bridgehead atoms. The molecule has 1 radical (unpaired) electrons. The van der Waals surface area contributed by atoms with Crippen LogP contribution >= 0.6 is 63.7 Å². The van der Waals surface area contributed by atoms with Gasteiger partial charge in [0.1, 0.15) is 30.0 Å². The molecular weight excluding hydrogens is 909 g/mol. The second kappa shape index (κ2) is 25.8. The van der Waals surface area contributed by atoms with Crippen molar-refractivity contribution in [3.63, 3.8) is 0 Å². The minimum atomic E-state index is -1.17. The van der Waals surface area contributed by atoms with Crippen molar-refractivity contribution < 1.29 is 66.4 Å². The van der Waals surface area contributed by atoms with Gasteiger partial charge in [-0.15, -0.1) is 0 Å². The van der Waals surface area contributed by atoms with E-state index in [0.29, 0.717) is 5.75 Å². The number of carboxylic acid groups (broad SMARTS) is 1. The van der Waals surface area contributed by atoms with Gasteiger partial charge in [0.15, 0.2) is 1.05 Å². The summed E-state index contributed by atoms with van der Waals surface area (Å²) in [5.74, 6) is -0.00663. The predicted molar refractivity (Wildman–Crippen MR) is 186 cm³/mol. The Morgan fingerprint density at radius 3 is 2.14 bits per heavy atom. The number of hydrogen-bond acceptors (Lipinski definition) is 8. The number of ether oxygens (including phenoxy) is 3. The zero-order valence-corrected chi connectivity index (χ0v) is 35.4. The first-order chi connectivity index (χ1) is 20.0. The normalized spacial score (nSPS) is 13.8. The molecule has 0 aliphatic carbocycles. The fourth-order valence-electron chi connectivity index (χ4n) is 3.67. The fourth-order valence-corrected chi connectivity index (χ4v) is 3.67. The number of halogens is 4. The molecule has 1 fully saturated rings. The number of carboxylic acids is 1. The van der Waals surface area contributed by atoms with Gasteiger partial charge in [-0.25, -0.2) is 4.79 Å². The monoisotopic (exact) mass is 950 g/mol. The SMILES string of the molecule is BrC(Br)(Br)Br.CCCCCc1ccc(OC(=O)OC(C)(C)C)cc1.COC(=O)CC(=O)O.[CH+]1CCC2=NCCCN2CC1.[Y]. The molecule has 44 heavy (non-hydrogen) atoms. The summed E-state index contributed by atoms with van der Waals surface area (Å²) < 4.78 is 14.0. The Labute approximate surface area is 321 Å². The van der Waals surface area contributed by atoms with Gasteiger partial charge in [-0.2, -0.15) is 0 Å². The number of methoxy groups -OCH3 is 1. The molecule has 0 saturated carbocycles. The summed E-state index contributed by atoms with van der Waals surface area (Å²) in [4.78, 5) is 38.2. The zero-order valence-electron chi connectivity index (χ0n) is 26.3. The van der Waals surface area contributed by atoms with E-state index in [1.807, 2.05) is 45.0 Å². The first kappa shape index (κ1) is 45.9. The van der Waals surface area contributed by atoms with Crippen LogP contribution in [-0.2, 0) is 58.2 Å². The van der Waals surface area contributed by atoms with Crippen molar-refractivity contribution in [3.05, 3.63) is 36.2 Å². The Hall–Kier alpha value is -0.206. The molecule has 2 heterocycles. The van der Waals surface area contributed by atoms with Gasteiger partial charge in [0.25, 0.3) is 0 Å². The number of unbranched alkanes of at least 4 members (excludes halogenated alkanes) is 2.